The number of carboxylic acid groups (broad SMARTS) is 1. The van der Waals surface area contributed by atoms with E-state index in [1.165, 1.54) is 19.2 Å². The van der Waals surface area contributed by atoms with Crippen molar-refractivity contribution >= 4 is 29.2 Å². The van der Waals surface area contributed by atoms with Gasteiger partial charge in [-0.15, -0.1) is 0 Å². The number of nitrogens with zero attached hydrogens (tertiary/aromatic N) is 2. The first-order chi connectivity index (χ1) is 14.3. The number of rotatable bonds is 5. The van der Waals surface area contributed by atoms with Crippen LogP contribution in [-0.2, 0) is 7.05 Å². The summed E-state index contributed by atoms with van der Waals surface area (Å²) in [4.78, 5) is 24.6. The average Bonchev–Trinajstić information content (AvgIpc) is 3.03. The van der Waals surface area contributed by atoms with Crippen LogP contribution < -0.4 is 10.1 Å². The Balaban J connectivity index is 2.09. The minimum atomic E-state index is -1.19. The fraction of sp³-hybridized carbons (Fsp3) is 0.136. The fourth-order valence-corrected chi connectivity index (χ4v) is 3.27. The van der Waals surface area contributed by atoms with Crippen LogP contribution in [0.4, 0.5) is 5.69 Å². The Labute approximate surface area is 178 Å². The predicted octanol–water partition coefficient (Wildman–Crippen LogP) is 4.48. The molecule has 30 heavy (non-hydrogen) atoms. The highest BCUT2D eigenvalue weighted by Gasteiger charge is 2.22. The van der Waals surface area contributed by atoms with Gasteiger partial charge in [0, 0.05) is 34.7 Å². The third-order valence-corrected chi connectivity index (χ3v) is 5.10. The van der Waals surface area contributed by atoms with Gasteiger partial charge in [-0.25, -0.2) is 4.79 Å². The van der Waals surface area contributed by atoms with Crippen LogP contribution in [0.5, 0.6) is 5.75 Å². The molecule has 7 nitrogen and oxygen atoms in total. The molecule has 2 N–H and O–H groups in total. The first kappa shape index (κ1) is 21.0. The molecule has 0 bridgehead atoms. The lowest BCUT2D eigenvalue weighted by Gasteiger charge is -2.12. The number of halogens is 1. The number of ether oxygens (including phenoxy) is 1. The average molecular weight is 424 g/mol. The van der Waals surface area contributed by atoms with Gasteiger partial charge in [-0.1, -0.05) is 11.6 Å². The molecule has 0 saturated carbocycles. The summed E-state index contributed by atoms with van der Waals surface area (Å²) in [6, 6.07) is 13.0. The van der Waals surface area contributed by atoms with Gasteiger partial charge in [-0.05, 0) is 49.4 Å². The second-order valence-corrected chi connectivity index (χ2v) is 7.00. The minimum absolute atomic E-state index is 0.0578. The lowest BCUT2D eigenvalue weighted by molar-refractivity contribution is 0.0697. The SMILES string of the molecule is COc1cc(-c2cc(C(=O)Nc3ccc(Cl)cc3)c(C)n2C)c(C(=O)O)cc1C#N. The van der Waals surface area contributed by atoms with Gasteiger partial charge in [-0.3, -0.25) is 4.79 Å². The first-order valence-electron chi connectivity index (χ1n) is 8.85. The number of benzene rings is 2. The second kappa shape index (κ2) is 8.31. The van der Waals surface area contributed by atoms with Crippen molar-refractivity contribution in [1.29, 1.82) is 5.26 Å². The molecular formula is C22H18ClN3O4. The predicted molar refractivity (Wildman–Crippen MR) is 113 cm³/mol. The zero-order valence-corrected chi connectivity index (χ0v) is 17.2. The number of nitriles is 1. The molecule has 0 aliphatic carbocycles. The summed E-state index contributed by atoms with van der Waals surface area (Å²) in [7, 11) is 3.14. The van der Waals surface area contributed by atoms with Crippen LogP contribution in [-0.4, -0.2) is 28.7 Å². The van der Waals surface area contributed by atoms with Crippen molar-refractivity contribution in [3.63, 3.8) is 0 Å². The molecule has 3 aromatic rings. The molecule has 0 aliphatic rings. The van der Waals surface area contributed by atoms with E-state index in [9.17, 15) is 20.0 Å². The summed E-state index contributed by atoms with van der Waals surface area (Å²) >= 11 is 5.87. The Hall–Kier alpha value is -3.76. The molecule has 0 unspecified atom stereocenters. The van der Waals surface area contributed by atoms with Crippen molar-refractivity contribution in [3.8, 4) is 23.1 Å². The monoisotopic (exact) mass is 423 g/mol. The quantitative estimate of drug-likeness (QED) is 0.629. The van der Waals surface area contributed by atoms with Gasteiger partial charge in [0.1, 0.15) is 11.8 Å². The largest absolute Gasteiger partial charge is 0.495 e. The molecule has 0 atom stereocenters. The lowest BCUT2D eigenvalue weighted by Crippen LogP contribution is -2.12. The van der Waals surface area contributed by atoms with E-state index in [-0.39, 0.29) is 22.8 Å². The van der Waals surface area contributed by atoms with Crippen LogP contribution in [0, 0.1) is 18.3 Å². The van der Waals surface area contributed by atoms with E-state index in [4.69, 9.17) is 16.3 Å². The number of amides is 1. The van der Waals surface area contributed by atoms with Gasteiger partial charge in [-0.2, -0.15) is 5.26 Å². The molecule has 152 valence electrons. The number of carbonyl (C=O) groups is 2. The molecule has 3 rings (SSSR count). The van der Waals surface area contributed by atoms with E-state index in [1.54, 1.807) is 48.9 Å². The molecule has 1 heterocycles. The molecule has 1 amide bonds. The number of hydrogen-bond acceptors (Lipinski definition) is 4. The Kier molecular flexibility index (Phi) is 5.81. The van der Waals surface area contributed by atoms with Gasteiger partial charge >= 0.3 is 5.97 Å². The molecule has 0 spiro atoms. The van der Waals surface area contributed by atoms with Crippen molar-refractivity contribution in [3.05, 3.63) is 69.9 Å². The first-order valence-corrected chi connectivity index (χ1v) is 9.23. The van der Waals surface area contributed by atoms with E-state index >= 15 is 0 Å². The van der Waals surface area contributed by atoms with E-state index in [0.29, 0.717) is 33.2 Å². The maximum Gasteiger partial charge on any atom is 0.336 e. The highest BCUT2D eigenvalue weighted by atomic mass is 35.5. The van der Waals surface area contributed by atoms with Crippen LogP contribution in [0.15, 0.2) is 42.5 Å². The van der Waals surface area contributed by atoms with Gasteiger partial charge < -0.3 is 19.7 Å². The summed E-state index contributed by atoms with van der Waals surface area (Å²) in [5, 5.41) is 22.3. The van der Waals surface area contributed by atoms with E-state index in [1.807, 2.05) is 6.07 Å². The standard InChI is InChI=1S/C22H18ClN3O4/c1-12-16(21(27)25-15-6-4-14(23)5-7-15)9-19(26(12)2)17-10-20(30-3)13(11-24)8-18(17)22(28)29/h4-10H,1-3H3,(H,25,27)(H,28,29). The molecule has 2 aromatic carbocycles. The Morgan fingerprint density at radius 1 is 1.17 bits per heavy atom. The Bertz CT molecular complexity index is 1190. The zero-order chi connectivity index (χ0) is 22.0. The summed E-state index contributed by atoms with van der Waals surface area (Å²) in [6.07, 6.45) is 0. The van der Waals surface area contributed by atoms with Crippen molar-refractivity contribution in [1.82, 2.24) is 4.57 Å². The Morgan fingerprint density at radius 2 is 1.83 bits per heavy atom. The van der Waals surface area contributed by atoms with Gasteiger partial charge in [0.15, 0.2) is 0 Å². The molecule has 0 radical (unpaired) electrons. The molecule has 8 heteroatoms. The van der Waals surface area contributed by atoms with Crippen LogP contribution >= 0.6 is 11.6 Å². The highest BCUT2D eigenvalue weighted by molar-refractivity contribution is 6.30. The number of carboxylic acids is 1. The minimum Gasteiger partial charge on any atom is -0.495 e. The van der Waals surface area contributed by atoms with E-state index in [2.05, 4.69) is 5.32 Å². The third kappa shape index (κ3) is 3.86. The summed E-state index contributed by atoms with van der Waals surface area (Å²) in [5.41, 5.74) is 2.53. The van der Waals surface area contributed by atoms with Gasteiger partial charge in [0.2, 0.25) is 0 Å². The van der Waals surface area contributed by atoms with Crippen LogP contribution in [0.25, 0.3) is 11.3 Å². The topological polar surface area (TPSA) is 104 Å². The Morgan fingerprint density at radius 3 is 2.40 bits per heavy atom. The van der Waals surface area contributed by atoms with Crippen molar-refractivity contribution in [2.45, 2.75) is 6.92 Å². The zero-order valence-electron chi connectivity index (χ0n) is 16.5. The van der Waals surface area contributed by atoms with Crippen LogP contribution in [0.2, 0.25) is 5.02 Å². The van der Waals surface area contributed by atoms with E-state index < -0.39 is 5.97 Å². The third-order valence-electron chi connectivity index (χ3n) is 4.85. The van der Waals surface area contributed by atoms with Crippen molar-refractivity contribution in [2.75, 3.05) is 12.4 Å². The smallest absolute Gasteiger partial charge is 0.336 e. The number of carbonyl (C=O) groups excluding carboxylic acids is 1. The summed E-state index contributed by atoms with van der Waals surface area (Å²) in [5.74, 6) is -1.27. The molecule has 0 aliphatic heterocycles. The number of methoxy groups -OCH3 is 1. The number of hydrogen-bond donors (Lipinski definition) is 2. The lowest BCUT2D eigenvalue weighted by atomic mass is 10.00. The molecular weight excluding hydrogens is 406 g/mol. The van der Waals surface area contributed by atoms with Crippen LogP contribution in [0.3, 0.4) is 0 Å². The second-order valence-electron chi connectivity index (χ2n) is 6.56. The highest BCUT2D eigenvalue weighted by Crippen LogP contribution is 2.33. The van der Waals surface area contributed by atoms with Crippen LogP contribution in [0.1, 0.15) is 32.0 Å². The number of aromatic nitrogens is 1. The number of aromatic carboxylic acids is 1. The summed E-state index contributed by atoms with van der Waals surface area (Å²) < 4.78 is 6.96. The summed E-state index contributed by atoms with van der Waals surface area (Å²) in [6.45, 7) is 1.77. The normalized spacial score (nSPS) is 10.4. The molecule has 0 saturated heterocycles. The van der Waals surface area contributed by atoms with Gasteiger partial charge in [0.05, 0.1) is 23.8 Å². The fourth-order valence-electron chi connectivity index (χ4n) is 3.14. The van der Waals surface area contributed by atoms with E-state index in [0.717, 1.165) is 0 Å². The molecule has 1 aromatic heterocycles. The van der Waals surface area contributed by atoms with Crippen molar-refractivity contribution in [2.24, 2.45) is 7.05 Å². The number of anilines is 1. The maximum atomic E-state index is 12.8. The number of nitrogens with one attached hydrogen (secondary N) is 1. The van der Waals surface area contributed by atoms with Crippen molar-refractivity contribution < 1.29 is 19.4 Å². The van der Waals surface area contributed by atoms with Gasteiger partial charge in [0.25, 0.3) is 5.91 Å². The maximum absolute atomic E-state index is 12.8. The molecule has 0 fully saturated rings.